The molecule has 1 aliphatic rings. The van der Waals surface area contributed by atoms with Gasteiger partial charge in [0.05, 0.1) is 5.41 Å². The molecule has 0 aromatic rings. The minimum absolute atomic E-state index is 0.0762. The van der Waals surface area contributed by atoms with E-state index in [1.54, 1.807) is 0 Å². The van der Waals surface area contributed by atoms with Gasteiger partial charge in [-0.15, -0.1) is 0 Å². The number of ether oxygens (including phenoxy) is 1. The van der Waals surface area contributed by atoms with Crippen molar-refractivity contribution in [3.05, 3.63) is 0 Å². The average molecular weight is 241 g/mol. The summed E-state index contributed by atoms with van der Waals surface area (Å²) in [5.74, 6) is 0.609. The van der Waals surface area contributed by atoms with Gasteiger partial charge < -0.3 is 10.1 Å². The van der Waals surface area contributed by atoms with Gasteiger partial charge in [0.2, 0.25) is 0 Å². The summed E-state index contributed by atoms with van der Waals surface area (Å²) in [6.07, 6.45) is 3.16. The van der Waals surface area contributed by atoms with E-state index in [1.165, 1.54) is 0 Å². The Morgan fingerprint density at radius 2 is 2.06 bits per heavy atom. The smallest absolute Gasteiger partial charge is 0.311 e. The van der Waals surface area contributed by atoms with Gasteiger partial charge in [-0.1, -0.05) is 13.8 Å². The summed E-state index contributed by atoms with van der Waals surface area (Å²) >= 11 is 0. The molecule has 3 nitrogen and oxygen atoms in total. The van der Waals surface area contributed by atoms with Gasteiger partial charge in [-0.3, -0.25) is 4.79 Å². The van der Waals surface area contributed by atoms with Crippen molar-refractivity contribution in [2.24, 2.45) is 11.3 Å². The van der Waals surface area contributed by atoms with Crippen LogP contribution in [0.4, 0.5) is 0 Å². The van der Waals surface area contributed by atoms with Crippen molar-refractivity contribution in [2.45, 2.75) is 66.0 Å². The number of esters is 1. The fourth-order valence-electron chi connectivity index (χ4n) is 2.15. The number of carbonyl (C=O) groups excluding carboxylic acids is 1. The van der Waals surface area contributed by atoms with Gasteiger partial charge in [0.15, 0.2) is 0 Å². The molecular weight excluding hydrogens is 214 g/mol. The molecule has 0 aromatic heterocycles. The molecule has 1 heterocycles. The average Bonchev–Trinajstić information content (AvgIpc) is 2.15. The molecule has 1 saturated heterocycles. The molecule has 2 unspecified atom stereocenters. The maximum atomic E-state index is 11.8. The highest BCUT2D eigenvalue weighted by Crippen LogP contribution is 2.22. The summed E-state index contributed by atoms with van der Waals surface area (Å²) in [7, 11) is 0. The summed E-state index contributed by atoms with van der Waals surface area (Å²) in [6.45, 7) is 11.1. The zero-order chi connectivity index (χ0) is 13.1. The Hall–Kier alpha value is -0.570. The van der Waals surface area contributed by atoms with Crippen molar-refractivity contribution < 1.29 is 9.53 Å². The number of nitrogens with one attached hydrogen (secondary N) is 1. The summed E-state index contributed by atoms with van der Waals surface area (Å²) in [4.78, 5) is 11.8. The van der Waals surface area contributed by atoms with E-state index in [4.69, 9.17) is 4.74 Å². The van der Waals surface area contributed by atoms with E-state index in [9.17, 15) is 4.79 Å². The molecule has 0 saturated carbocycles. The molecule has 17 heavy (non-hydrogen) atoms. The molecule has 0 amide bonds. The quantitative estimate of drug-likeness (QED) is 0.772. The largest absolute Gasteiger partial charge is 0.462 e. The molecule has 0 bridgehead atoms. The third kappa shape index (κ3) is 5.07. The number of hydrogen-bond acceptors (Lipinski definition) is 3. The zero-order valence-electron chi connectivity index (χ0n) is 11.9. The first-order chi connectivity index (χ1) is 7.79. The van der Waals surface area contributed by atoms with Crippen LogP contribution < -0.4 is 5.32 Å². The van der Waals surface area contributed by atoms with Crippen LogP contribution in [0.3, 0.4) is 0 Å². The van der Waals surface area contributed by atoms with Gasteiger partial charge in [0, 0.05) is 6.04 Å². The van der Waals surface area contributed by atoms with Gasteiger partial charge in [-0.2, -0.15) is 0 Å². The molecule has 1 aliphatic heterocycles. The van der Waals surface area contributed by atoms with E-state index in [0.717, 1.165) is 25.8 Å². The van der Waals surface area contributed by atoms with E-state index in [0.29, 0.717) is 12.0 Å². The van der Waals surface area contributed by atoms with Gasteiger partial charge in [-0.05, 0) is 52.5 Å². The molecule has 3 heteroatoms. The topological polar surface area (TPSA) is 38.3 Å². The predicted octanol–water partition coefficient (Wildman–Crippen LogP) is 2.74. The predicted molar refractivity (Wildman–Crippen MR) is 69.8 cm³/mol. The third-order valence-corrected chi connectivity index (χ3v) is 3.09. The van der Waals surface area contributed by atoms with Crippen molar-refractivity contribution in [3.63, 3.8) is 0 Å². The van der Waals surface area contributed by atoms with Crippen molar-refractivity contribution >= 4 is 5.97 Å². The lowest BCUT2D eigenvalue weighted by molar-refractivity contribution is -0.160. The molecule has 2 atom stereocenters. The Balaban J connectivity index is 2.42. The molecule has 1 rings (SSSR count). The SMILES string of the molecule is CC(C)CC1CC(OC(=O)C(C)(C)C)CCN1. The standard InChI is InChI=1S/C14H27NO2/c1-10(2)8-11-9-12(6-7-15-11)17-13(16)14(3,4)5/h10-12,15H,6-9H2,1-5H3. The lowest BCUT2D eigenvalue weighted by Gasteiger charge is -2.32. The van der Waals surface area contributed by atoms with Gasteiger partial charge in [-0.25, -0.2) is 0 Å². The second-order valence-electron chi connectivity index (χ2n) is 6.58. The van der Waals surface area contributed by atoms with Crippen LogP contribution in [0.5, 0.6) is 0 Å². The van der Waals surface area contributed by atoms with Crippen molar-refractivity contribution in [3.8, 4) is 0 Å². The van der Waals surface area contributed by atoms with Gasteiger partial charge in [0.1, 0.15) is 6.10 Å². The van der Waals surface area contributed by atoms with Crippen molar-refractivity contribution in [2.75, 3.05) is 6.54 Å². The first-order valence-electron chi connectivity index (χ1n) is 6.73. The second-order valence-corrected chi connectivity index (χ2v) is 6.58. The van der Waals surface area contributed by atoms with Crippen LogP contribution >= 0.6 is 0 Å². The summed E-state index contributed by atoms with van der Waals surface area (Å²) in [5, 5.41) is 3.50. The minimum atomic E-state index is -0.390. The van der Waals surface area contributed by atoms with E-state index in [2.05, 4.69) is 19.2 Å². The lowest BCUT2D eigenvalue weighted by Crippen LogP contribution is -2.43. The van der Waals surface area contributed by atoms with Crippen molar-refractivity contribution in [1.82, 2.24) is 5.32 Å². The Bertz CT molecular complexity index is 255. The fraction of sp³-hybridized carbons (Fsp3) is 0.929. The maximum Gasteiger partial charge on any atom is 0.311 e. The fourth-order valence-corrected chi connectivity index (χ4v) is 2.15. The monoisotopic (exact) mass is 241 g/mol. The summed E-state index contributed by atoms with van der Waals surface area (Å²) in [6, 6.07) is 0.501. The molecule has 1 fully saturated rings. The summed E-state index contributed by atoms with van der Waals surface area (Å²) in [5.41, 5.74) is -0.390. The normalized spacial score (nSPS) is 26.0. The Morgan fingerprint density at radius 3 is 2.59 bits per heavy atom. The third-order valence-electron chi connectivity index (χ3n) is 3.09. The Kier molecular flexibility index (Phi) is 4.99. The lowest BCUT2D eigenvalue weighted by atomic mass is 9.93. The Labute approximate surface area is 105 Å². The van der Waals surface area contributed by atoms with E-state index in [1.807, 2.05) is 20.8 Å². The van der Waals surface area contributed by atoms with Crippen LogP contribution in [0, 0.1) is 11.3 Å². The highest BCUT2D eigenvalue weighted by atomic mass is 16.5. The number of rotatable bonds is 3. The first kappa shape index (κ1) is 14.5. The molecule has 0 radical (unpaired) electrons. The van der Waals surface area contributed by atoms with E-state index in [-0.39, 0.29) is 12.1 Å². The number of carbonyl (C=O) groups is 1. The second kappa shape index (κ2) is 5.85. The number of hydrogen-bond donors (Lipinski definition) is 1. The van der Waals surface area contributed by atoms with Crippen LogP contribution in [0.25, 0.3) is 0 Å². The zero-order valence-corrected chi connectivity index (χ0v) is 11.9. The van der Waals surface area contributed by atoms with Crippen LogP contribution in [0.15, 0.2) is 0 Å². The van der Waals surface area contributed by atoms with Gasteiger partial charge in [0.25, 0.3) is 0 Å². The maximum absolute atomic E-state index is 11.8. The Morgan fingerprint density at radius 1 is 1.41 bits per heavy atom. The van der Waals surface area contributed by atoms with Crippen LogP contribution in [-0.4, -0.2) is 24.7 Å². The van der Waals surface area contributed by atoms with Crippen LogP contribution in [-0.2, 0) is 9.53 Å². The van der Waals surface area contributed by atoms with Crippen LogP contribution in [0.2, 0.25) is 0 Å². The summed E-state index contributed by atoms with van der Waals surface area (Å²) < 4.78 is 5.59. The molecule has 100 valence electrons. The molecule has 0 aliphatic carbocycles. The highest BCUT2D eigenvalue weighted by Gasteiger charge is 2.29. The highest BCUT2D eigenvalue weighted by molar-refractivity contribution is 5.75. The number of piperidine rings is 1. The first-order valence-corrected chi connectivity index (χ1v) is 6.73. The van der Waals surface area contributed by atoms with Crippen LogP contribution in [0.1, 0.15) is 53.9 Å². The van der Waals surface area contributed by atoms with Crippen molar-refractivity contribution in [1.29, 1.82) is 0 Å². The van der Waals surface area contributed by atoms with E-state index >= 15 is 0 Å². The minimum Gasteiger partial charge on any atom is -0.462 e. The van der Waals surface area contributed by atoms with Gasteiger partial charge >= 0.3 is 5.97 Å². The van der Waals surface area contributed by atoms with E-state index < -0.39 is 5.41 Å². The molecule has 0 aromatic carbocycles. The molecule has 0 spiro atoms. The molecular formula is C14H27NO2. The molecule has 1 N–H and O–H groups in total.